The summed E-state index contributed by atoms with van der Waals surface area (Å²) in [5.41, 5.74) is -2.74. The Bertz CT molecular complexity index is 956. The summed E-state index contributed by atoms with van der Waals surface area (Å²) < 4.78 is 30.9. The third kappa shape index (κ3) is 6.44. The van der Waals surface area contributed by atoms with Gasteiger partial charge in [0.15, 0.2) is 12.1 Å². The van der Waals surface area contributed by atoms with Gasteiger partial charge in [-0.25, -0.2) is 0 Å². The lowest BCUT2D eigenvalue weighted by Crippen LogP contribution is -2.60. The van der Waals surface area contributed by atoms with Crippen LogP contribution in [0.5, 0.6) is 0 Å². The quantitative estimate of drug-likeness (QED) is 0.303. The zero-order chi connectivity index (χ0) is 31.1. The number of aliphatic hydroxyl groups is 3. The van der Waals surface area contributed by atoms with E-state index in [9.17, 15) is 24.9 Å². The highest BCUT2D eigenvalue weighted by Crippen LogP contribution is 2.47. The number of cyclic esters (lactones) is 1. The Morgan fingerprint density at radius 1 is 1.14 bits per heavy atom. The van der Waals surface area contributed by atoms with E-state index in [1.54, 1.807) is 13.8 Å². The minimum atomic E-state index is -1.77. The highest BCUT2D eigenvalue weighted by molar-refractivity contribution is 6.00. The first-order valence-corrected chi connectivity index (χ1v) is 15.8. The molecule has 0 aromatic rings. The van der Waals surface area contributed by atoms with Gasteiger partial charge < -0.3 is 39.0 Å². The zero-order valence-corrected chi connectivity index (χ0v) is 26.5. The molecule has 4 aliphatic rings. The Hall–Kier alpha value is -1.18. The fraction of sp³-hybridized carbons (Fsp3) is 0.935. The summed E-state index contributed by atoms with van der Waals surface area (Å²) in [6.45, 7) is 16.7. The van der Waals surface area contributed by atoms with Crippen LogP contribution in [0.25, 0.3) is 0 Å². The summed E-state index contributed by atoms with van der Waals surface area (Å²) in [5, 5.41) is 33.6. The van der Waals surface area contributed by atoms with Crippen molar-refractivity contribution in [3.8, 4) is 0 Å². The lowest BCUT2D eigenvalue weighted by atomic mass is 9.76. The second kappa shape index (κ2) is 13.0. The number of esters is 1. The highest BCUT2D eigenvalue weighted by Gasteiger charge is 2.58. The predicted octanol–water partition coefficient (Wildman–Crippen LogP) is 1.68. The van der Waals surface area contributed by atoms with E-state index < -0.39 is 77.5 Å². The van der Waals surface area contributed by atoms with Crippen LogP contribution in [0.3, 0.4) is 0 Å². The maximum Gasteiger partial charge on any atom is 0.316 e. The van der Waals surface area contributed by atoms with Crippen LogP contribution in [0.1, 0.15) is 74.7 Å². The van der Waals surface area contributed by atoms with Gasteiger partial charge in [-0.2, -0.15) is 0 Å². The number of aliphatic hydroxyl groups excluding tert-OH is 2. The standard InChI is InChI=1S/C31H53NO10/c1-9-22(33)31(8,37)27-20(6)25-16(2)15-30(7,42-25)26(18(4)23(34)19(5)28(36)40-27)41-29-24(35)21(14-17(3)39-29)32-10-12-38-13-11-32/h16-22,24-27,29,33,35,37H,9-15H2,1-8H3/t16?,17?,18-,19+,20-,21?,22+,24?,25?,26+,27+,29-,30-,31+/m0/s1. The molecular weight excluding hydrogens is 546 g/mol. The van der Waals surface area contributed by atoms with Crippen molar-refractivity contribution >= 4 is 11.8 Å². The van der Waals surface area contributed by atoms with E-state index in [0.29, 0.717) is 39.1 Å². The second-order valence-corrected chi connectivity index (χ2v) is 13.7. The maximum absolute atomic E-state index is 13.8. The van der Waals surface area contributed by atoms with Crippen LogP contribution in [-0.4, -0.2) is 118 Å². The SMILES string of the molecule is CC[C@@H](O)[C@@](C)(O)[C@@H]1OC(=O)[C@H](C)C(=O)[C@H](C)[C@@H](O[C@@H]2OC(C)CC(N3CCOCC3)C2O)[C@]2(C)CC(C)C(O2)[C@@H]1C. The third-order valence-corrected chi connectivity index (χ3v) is 10.3. The molecule has 3 N–H and O–H groups in total. The van der Waals surface area contributed by atoms with E-state index >= 15 is 0 Å². The number of fused-ring (bicyclic) bond motifs is 2. The molecule has 0 radical (unpaired) electrons. The van der Waals surface area contributed by atoms with Crippen LogP contribution < -0.4 is 0 Å². The van der Waals surface area contributed by atoms with E-state index in [1.165, 1.54) is 13.8 Å². The number of carbonyl (C=O) groups is 2. The van der Waals surface area contributed by atoms with Crippen LogP contribution in [0.2, 0.25) is 0 Å². The van der Waals surface area contributed by atoms with Gasteiger partial charge in [-0.1, -0.05) is 27.7 Å². The summed E-state index contributed by atoms with van der Waals surface area (Å²) in [7, 11) is 0. The van der Waals surface area contributed by atoms with E-state index in [0.717, 1.165) is 0 Å². The van der Waals surface area contributed by atoms with E-state index in [2.05, 4.69) is 4.90 Å². The molecule has 0 spiro atoms. The smallest absolute Gasteiger partial charge is 0.316 e. The molecule has 0 saturated carbocycles. The first-order valence-electron chi connectivity index (χ1n) is 15.8. The summed E-state index contributed by atoms with van der Waals surface area (Å²) in [4.78, 5) is 29.4. The van der Waals surface area contributed by atoms with E-state index in [1.807, 2.05) is 27.7 Å². The molecule has 4 aliphatic heterocycles. The number of hydrogen-bond donors (Lipinski definition) is 3. The molecule has 0 amide bonds. The molecule has 11 heteroatoms. The van der Waals surface area contributed by atoms with Gasteiger partial charge in [0, 0.05) is 31.0 Å². The maximum atomic E-state index is 13.8. The van der Waals surface area contributed by atoms with Crippen LogP contribution in [0.15, 0.2) is 0 Å². The molecular formula is C31H53NO10. The van der Waals surface area contributed by atoms with E-state index in [-0.39, 0.29) is 24.5 Å². The Labute approximate surface area is 250 Å². The Morgan fingerprint density at radius 3 is 2.40 bits per heavy atom. The van der Waals surface area contributed by atoms with Crippen LogP contribution in [0.4, 0.5) is 0 Å². The molecule has 242 valence electrons. The number of ketones is 1. The number of nitrogens with zero attached hydrogens (tertiary/aromatic N) is 1. The predicted molar refractivity (Wildman–Crippen MR) is 152 cm³/mol. The van der Waals surface area contributed by atoms with Crippen molar-refractivity contribution in [1.29, 1.82) is 0 Å². The monoisotopic (exact) mass is 599 g/mol. The molecule has 0 aromatic heterocycles. The van der Waals surface area contributed by atoms with Crippen LogP contribution in [-0.2, 0) is 33.3 Å². The first-order chi connectivity index (χ1) is 19.6. The lowest BCUT2D eigenvalue weighted by Gasteiger charge is -2.47. The number of ether oxygens (including phenoxy) is 5. The molecule has 4 saturated heterocycles. The summed E-state index contributed by atoms with van der Waals surface area (Å²) >= 11 is 0. The van der Waals surface area contributed by atoms with Crippen molar-refractivity contribution < 1.29 is 48.6 Å². The number of carbonyl (C=O) groups excluding carboxylic acids is 2. The summed E-state index contributed by atoms with van der Waals surface area (Å²) in [6.07, 6.45) is -4.32. The van der Waals surface area contributed by atoms with Crippen LogP contribution >= 0.6 is 0 Å². The fourth-order valence-corrected chi connectivity index (χ4v) is 7.81. The molecule has 4 rings (SSSR count). The average Bonchev–Trinajstić information content (AvgIpc) is 3.28. The third-order valence-electron chi connectivity index (χ3n) is 10.3. The first kappa shape index (κ1) is 33.7. The Kier molecular flexibility index (Phi) is 10.5. The van der Waals surface area contributed by atoms with Gasteiger partial charge in [0.1, 0.15) is 23.7 Å². The molecule has 14 atom stereocenters. The average molecular weight is 600 g/mol. The van der Waals surface area contributed by atoms with Crippen molar-refractivity contribution in [2.75, 3.05) is 26.3 Å². The minimum Gasteiger partial charge on any atom is -0.458 e. The van der Waals surface area contributed by atoms with Crippen molar-refractivity contribution in [1.82, 2.24) is 4.90 Å². The van der Waals surface area contributed by atoms with Crippen molar-refractivity contribution in [2.45, 2.75) is 135 Å². The Morgan fingerprint density at radius 2 is 1.79 bits per heavy atom. The minimum absolute atomic E-state index is 0.0526. The number of rotatable bonds is 6. The lowest BCUT2D eigenvalue weighted by molar-refractivity contribution is -0.298. The largest absolute Gasteiger partial charge is 0.458 e. The number of morpholine rings is 1. The number of Topliss-reactive ketones (excluding diaryl/α,β-unsaturated/α-hetero) is 1. The zero-order valence-electron chi connectivity index (χ0n) is 26.5. The normalized spacial score (nSPS) is 46.4. The van der Waals surface area contributed by atoms with Crippen LogP contribution in [0, 0.1) is 23.7 Å². The van der Waals surface area contributed by atoms with E-state index in [4.69, 9.17) is 23.7 Å². The molecule has 4 fully saturated rings. The van der Waals surface area contributed by atoms with Crippen molar-refractivity contribution in [3.05, 3.63) is 0 Å². The summed E-state index contributed by atoms with van der Waals surface area (Å²) in [5.74, 6) is -3.67. The topological polar surface area (TPSA) is 144 Å². The van der Waals surface area contributed by atoms with Gasteiger partial charge in [-0.05, 0) is 52.9 Å². The van der Waals surface area contributed by atoms with Gasteiger partial charge >= 0.3 is 5.97 Å². The number of hydrogen-bond acceptors (Lipinski definition) is 11. The van der Waals surface area contributed by atoms with Gasteiger partial charge in [0.2, 0.25) is 0 Å². The van der Waals surface area contributed by atoms with Gasteiger partial charge in [-0.15, -0.1) is 0 Å². The Balaban J connectivity index is 1.68. The fourth-order valence-electron chi connectivity index (χ4n) is 7.81. The molecule has 11 nitrogen and oxygen atoms in total. The molecule has 0 aliphatic carbocycles. The molecule has 5 unspecified atom stereocenters. The van der Waals surface area contributed by atoms with Gasteiger partial charge in [-0.3, -0.25) is 14.5 Å². The molecule has 4 heterocycles. The van der Waals surface area contributed by atoms with Gasteiger partial charge in [0.05, 0.1) is 43.2 Å². The molecule has 42 heavy (non-hydrogen) atoms. The molecule has 2 bridgehead atoms. The van der Waals surface area contributed by atoms with Gasteiger partial charge in [0.25, 0.3) is 0 Å². The highest BCUT2D eigenvalue weighted by atomic mass is 16.7. The van der Waals surface area contributed by atoms with Crippen molar-refractivity contribution in [3.63, 3.8) is 0 Å². The van der Waals surface area contributed by atoms with Crippen molar-refractivity contribution in [2.24, 2.45) is 23.7 Å². The second-order valence-electron chi connectivity index (χ2n) is 13.7. The summed E-state index contributed by atoms with van der Waals surface area (Å²) in [6, 6.07) is -0.192. The molecule has 0 aromatic carbocycles.